The second kappa shape index (κ2) is 23.1. The van der Waals surface area contributed by atoms with Gasteiger partial charge in [0.05, 0.1) is 29.0 Å². The quantitative estimate of drug-likeness (QED) is 0.0603. The molecule has 3 aliphatic rings. The van der Waals surface area contributed by atoms with Crippen LogP contribution in [-0.2, 0) is 23.9 Å². The van der Waals surface area contributed by atoms with E-state index >= 15 is 4.39 Å². The number of aromatic amines is 2. The molecule has 2 atom stereocenters. The highest BCUT2D eigenvalue weighted by Crippen LogP contribution is 2.34. The molecular formula is C55H56ClF3N12O6. The Morgan fingerprint density at radius 3 is 1.86 bits per heavy atom. The number of ether oxygens (including phenoxy) is 2. The summed E-state index contributed by atoms with van der Waals surface area (Å²) in [5.74, 6) is -1.36. The fraction of sp³-hybridized carbons (Fsp3) is 0.291. The second-order valence-corrected chi connectivity index (χ2v) is 18.8. The Morgan fingerprint density at radius 2 is 1.32 bits per heavy atom. The Labute approximate surface area is 446 Å². The van der Waals surface area contributed by atoms with E-state index in [0.717, 1.165) is 45.1 Å². The minimum atomic E-state index is -1.14. The number of nitrogens with one attached hydrogen (secondary N) is 6. The van der Waals surface area contributed by atoms with Crippen LogP contribution in [0.3, 0.4) is 0 Å². The summed E-state index contributed by atoms with van der Waals surface area (Å²) in [5.41, 5.74) is 5.54. The number of H-pyrrole nitrogens is 2. The number of fused-ring (bicyclic) bond motifs is 2. The summed E-state index contributed by atoms with van der Waals surface area (Å²) in [5, 5.41) is 36.2. The Morgan fingerprint density at radius 1 is 0.727 bits per heavy atom. The molecule has 0 saturated carbocycles. The minimum Gasteiger partial charge on any atom is -0.403 e. The molecule has 0 bridgehead atoms. The maximum atomic E-state index is 15.2. The molecule has 0 radical (unpaired) electrons. The topological polar surface area (TPSA) is 221 Å². The van der Waals surface area contributed by atoms with Crippen molar-refractivity contribution in [1.82, 2.24) is 45.7 Å². The van der Waals surface area contributed by atoms with E-state index in [0.29, 0.717) is 85.9 Å². The molecular weight excluding hydrogens is 1020 g/mol. The average molecular weight is 1070 g/mol. The number of amides is 3. The summed E-state index contributed by atoms with van der Waals surface area (Å²) in [7, 11) is 3.06. The summed E-state index contributed by atoms with van der Waals surface area (Å²) in [6.07, 6.45) is 3.42. The van der Waals surface area contributed by atoms with Crippen molar-refractivity contribution in [2.45, 2.75) is 37.4 Å². The molecule has 0 aliphatic carbocycles. The molecule has 22 heteroatoms. The van der Waals surface area contributed by atoms with Gasteiger partial charge in [-0.15, -0.1) is 17.5 Å². The van der Waals surface area contributed by atoms with Crippen LogP contribution in [0.25, 0.3) is 61.3 Å². The van der Waals surface area contributed by atoms with Crippen LogP contribution in [0, 0.1) is 17.5 Å². The predicted octanol–water partition coefficient (Wildman–Crippen LogP) is 8.44. The van der Waals surface area contributed by atoms with Gasteiger partial charge in [-0.3, -0.25) is 29.5 Å². The number of anilines is 3. The van der Waals surface area contributed by atoms with Crippen LogP contribution in [0.4, 0.5) is 30.6 Å². The largest absolute Gasteiger partial charge is 0.403 e. The zero-order valence-corrected chi connectivity index (χ0v) is 43.2. The van der Waals surface area contributed by atoms with E-state index in [9.17, 15) is 23.2 Å². The van der Waals surface area contributed by atoms with Crippen molar-refractivity contribution in [2.24, 2.45) is 0 Å². The lowest BCUT2D eigenvalue weighted by Gasteiger charge is -2.30. The van der Waals surface area contributed by atoms with Crippen LogP contribution in [0.2, 0.25) is 0 Å². The highest BCUT2D eigenvalue weighted by atomic mass is 35.5. The van der Waals surface area contributed by atoms with Gasteiger partial charge in [-0.2, -0.15) is 10.2 Å². The highest BCUT2D eigenvalue weighted by Gasteiger charge is 2.46. The zero-order chi connectivity index (χ0) is 53.0. The second-order valence-electron chi connectivity index (χ2n) is 18.8. The first-order chi connectivity index (χ1) is 36.9. The van der Waals surface area contributed by atoms with Gasteiger partial charge in [0.15, 0.2) is 11.2 Å². The molecule has 3 amide bonds. The van der Waals surface area contributed by atoms with Crippen molar-refractivity contribution in [3.8, 4) is 34.0 Å². The van der Waals surface area contributed by atoms with Crippen LogP contribution < -0.4 is 21.3 Å². The number of rotatable bonds is 14. The van der Waals surface area contributed by atoms with Gasteiger partial charge < -0.3 is 40.1 Å². The zero-order valence-electron chi connectivity index (χ0n) is 42.3. The molecule has 0 unspecified atom stereocenters. The molecule has 5 aromatic carbocycles. The molecule has 0 spiro atoms. The van der Waals surface area contributed by atoms with E-state index in [1.807, 2.05) is 48.2 Å². The molecule has 2 fully saturated rings. The van der Waals surface area contributed by atoms with Gasteiger partial charge in [-0.1, -0.05) is 17.2 Å². The van der Waals surface area contributed by atoms with Crippen LogP contribution in [0.5, 0.6) is 0 Å². The van der Waals surface area contributed by atoms with Crippen LogP contribution in [0.15, 0.2) is 114 Å². The number of methoxy groups -OCH3 is 2. The fourth-order valence-corrected chi connectivity index (χ4v) is 9.80. The SMILES string of the molecule is CCNc1nnc(-c2ccc(C3=CCN(C(=O)CN4CC[C@@](OC)(C(=O)Nc5ccc6[nH]nc(-c7ccc(F)cc7)c6c5)C4)CC3)c(F)c2)o1.CO[C@@]1(C(=O)Nc2ccc3[nH]nc(-c4ccc(F)cc4)c3c2)CCNC1.Cl. The van der Waals surface area contributed by atoms with E-state index in [-0.39, 0.29) is 66.8 Å². The van der Waals surface area contributed by atoms with Crippen molar-refractivity contribution < 1.29 is 41.4 Å². The lowest BCUT2D eigenvalue weighted by molar-refractivity contribution is -0.138. The maximum absolute atomic E-state index is 15.2. The van der Waals surface area contributed by atoms with E-state index in [4.69, 9.17) is 13.9 Å². The summed E-state index contributed by atoms with van der Waals surface area (Å²) >= 11 is 0. The van der Waals surface area contributed by atoms with Crippen molar-refractivity contribution >= 4 is 74.9 Å². The fourth-order valence-electron chi connectivity index (χ4n) is 9.80. The van der Waals surface area contributed by atoms with Crippen molar-refractivity contribution in [2.75, 3.05) is 82.5 Å². The van der Waals surface area contributed by atoms with E-state index in [2.05, 4.69) is 51.9 Å². The van der Waals surface area contributed by atoms with Crippen LogP contribution >= 0.6 is 12.4 Å². The van der Waals surface area contributed by atoms with E-state index in [1.165, 1.54) is 37.4 Å². The summed E-state index contributed by atoms with van der Waals surface area (Å²) in [6.45, 7) is 5.45. The van der Waals surface area contributed by atoms with Crippen LogP contribution in [-0.4, -0.2) is 136 Å². The number of benzene rings is 5. The molecule has 6 heterocycles. The standard InChI is InChI=1S/C36H36F2N8O4.C19H19FN4O2.ClH/c1-3-39-35-44-43-33(50-35)24-6-10-27(29(38)18-24)22-12-15-46(16-13-22)31(47)20-45-17-14-36(21-45,49-2)34(48)40-26-9-11-30-28(19-26)32(42-41-30)23-4-7-25(37)8-5-23;1-26-19(8-9-21-11-19)18(25)22-14-6-7-16-15(10-14)17(24-23-16)12-2-4-13(20)5-3-12;/h4-12,18-19H,3,13-17,20-21H2,1-2H3,(H,39,44)(H,40,48)(H,41,42);2-7,10,21H,8-9,11H2,1H3,(H,22,25)(H,23,24);1H/t36-;19-;/m00./s1. The molecule has 3 aromatic heterocycles. The monoisotopic (exact) mass is 1070 g/mol. The maximum Gasteiger partial charge on any atom is 0.315 e. The summed E-state index contributed by atoms with van der Waals surface area (Å²) < 4.78 is 58.6. The van der Waals surface area contributed by atoms with Gasteiger partial charge in [-0.25, -0.2) is 13.2 Å². The molecule has 8 aromatic rings. The van der Waals surface area contributed by atoms with Crippen molar-refractivity contribution in [1.29, 1.82) is 0 Å². The number of aromatic nitrogens is 6. The first kappa shape index (κ1) is 53.9. The first-order valence-electron chi connectivity index (χ1n) is 24.9. The third kappa shape index (κ3) is 11.4. The third-order valence-corrected chi connectivity index (χ3v) is 14.1. The predicted molar refractivity (Wildman–Crippen MR) is 289 cm³/mol. The van der Waals surface area contributed by atoms with Crippen molar-refractivity contribution in [3.63, 3.8) is 0 Å². The van der Waals surface area contributed by atoms with Gasteiger partial charge in [0.2, 0.25) is 11.8 Å². The molecule has 400 valence electrons. The molecule has 3 aliphatic heterocycles. The molecule has 11 rings (SSSR count). The lowest BCUT2D eigenvalue weighted by Crippen LogP contribution is -2.48. The average Bonchev–Trinajstić information content (AvgIpc) is 4.33. The van der Waals surface area contributed by atoms with Crippen molar-refractivity contribution in [3.05, 3.63) is 132 Å². The van der Waals surface area contributed by atoms with Crippen LogP contribution in [0.1, 0.15) is 31.7 Å². The summed E-state index contributed by atoms with van der Waals surface area (Å²) in [6, 6.07) is 28.3. The smallest absolute Gasteiger partial charge is 0.315 e. The number of hydrogen-bond acceptors (Lipinski definition) is 13. The molecule has 2 saturated heterocycles. The first-order valence-corrected chi connectivity index (χ1v) is 24.9. The normalized spacial score (nSPS) is 18.4. The molecule has 77 heavy (non-hydrogen) atoms. The number of hydrogen-bond donors (Lipinski definition) is 6. The number of nitrogens with zero attached hydrogens (tertiary/aromatic N) is 6. The number of halogens is 4. The lowest BCUT2D eigenvalue weighted by atomic mass is 9.97. The number of likely N-dealkylation sites (tertiary alicyclic amines) is 1. The Bertz CT molecular complexity index is 3450. The molecule has 6 N–H and O–H groups in total. The van der Waals surface area contributed by atoms with Gasteiger partial charge in [0, 0.05) is 97.9 Å². The number of carbonyl (C=O) groups is 3. The third-order valence-electron chi connectivity index (χ3n) is 14.1. The van der Waals surface area contributed by atoms with Gasteiger partial charge >= 0.3 is 6.01 Å². The minimum absolute atomic E-state index is 0. The summed E-state index contributed by atoms with van der Waals surface area (Å²) in [4.78, 5) is 43.3. The Kier molecular flexibility index (Phi) is 16.2. The molecule has 18 nitrogen and oxygen atoms in total. The highest BCUT2D eigenvalue weighted by molar-refractivity contribution is 6.03. The Balaban J connectivity index is 0.000000225. The van der Waals surface area contributed by atoms with Gasteiger partial charge in [0.25, 0.3) is 11.8 Å². The van der Waals surface area contributed by atoms with E-state index < -0.39 is 17.0 Å². The number of carbonyl (C=O) groups excluding carboxylic acids is 3. The van der Waals surface area contributed by atoms with Gasteiger partial charge in [0.1, 0.15) is 17.5 Å². The van der Waals surface area contributed by atoms with Gasteiger partial charge in [-0.05, 0) is 135 Å². The van der Waals surface area contributed by atoms with E-state index in [1.54, 1.807) is 54.5 Å². The Hall–Kier alpha value is -7.95.